The van der Waals surface area contributed by atoms with E-state index >= 15 is 0 Å². The number of amides is 2. The summed E-state index contributed by atoms with van der Waals surface area (Å²) in [5.41, 5.74) is 0.768. The number of anilines is 1. The van der Waals surface area contributed by atoms with Crippen molar-refractivity contribution in [2.75, 3.05) is 5.32 Å². The number of para-hydroxylation sites is 1. The molecule has 2 amide bonds. The number of rotatable bonds is 3. The molecule has 2 aromatic carbocycles. The van der Waals surface area contributed by atoms with Gasteiger partial charge in [0, 0.05) is 10.4 Å². The van der Waals surface area contributed by atoms with Crippen molar-refractivity contribution in [3.05, 3.63) is 65.1 Å². The van der Waals surface area contributed by atoms with E-state index in [0.717, 1.165) is 11.0 Å². The van der Waals surface area contributed by atoms with Gasteiger partial charge in [-0.1, -0.05) is 29.8 Å². The molecule has 0 bridgehead atoms. The largest absolute Gasteiger partial charge is 0.459 e. The second kappa shape index (κ2) is 6.30. The molecule has 3 rings (SSSR count). The molecule has 0 aliphatic rings. The fraction of sp³-hybridized carbons (Fsp3) is 0.118. The second-order valence-corrected chi connectivity index (χ2v) is 5.57. The van der Waals surface area contributed by atoms with Crippen LogP contribution in [-0.4, -0.2) is 6.03 Å². The molecule has 3 aromatic rings. The first kappa shape index (κ1) is 15.4. The molecular formula is C17H14ClFN2O2. The van der Waals surface area contributed by atoms with E-state index in [0.29, 0.717) is 10.8 Å². The van der Waals surface area contributed by atoms with Crippen LogP contribution >= 0.6 is 11.6 Å². The number of hydrogen-bond acceptors (Lipinski definition) is 2. The average Bonchev–Trinajstić information content (AvgIpc) is 2.95. The summed E-state index contributed by atoms with van der Waals surface area (Å²) in [6.07, 6.45) is 0. The second-order valence-electron chi connectivity index (χ2n) is 5.13. The Hall–Kier alpha value is -2.53. The maximum atomic E-state index is 13.6. The Morgan fingerprint density at radius 2 is 2.00 bits per heavy atom. The third kappa shape index (κ3) is 3.46. The van der Waals surface area contributed by atoms with Crippen LogP contribution in [0.15, 0.2) is 52.9 Å². The van der Waals surface area contributed by atoms with Crippen molar-refractivity contribution in [1.82, 2.24) is 5.32 Å². The zero-order valence-corrected chi connectivity index (χ0v) is 13.0. The number of hydrogen-bond donors (Lipinski definition) is 2. The first-order chi connectivity index (χ1) is 11.0. The fourth-order valence-electron chi connectivity index (χ4n) is 2.24. The predicted octanol–water partition coefficient (Wildman–Crippen LogP) is 5.11. The molecule has 1 unspecified atom stereocenters. The van der Waals surface area contributed by atoms with Gasteiger partial charge in [0.25, 0.3) is 0 Å². The zero-order valence-electron chi connectivity index (χ0n) is 12.3. The van der Waals surface area contributed by atoms with Gasteiger partial charge in [-0.2, -0.15) is 0 Å². The van der Waals surface area contributed by atoms with Gasteiger partial charge in [0.15, 0.2) is 0 Å². The number of carbonyl (C=O) groups excluding carboxylic acids is 1. The van der Waals surface area contributed by atoms with Crippen molar-refractivity contribution in [3.63, 3.8) is 0 Å². The number of urea groups is 1. The van der Waals surface area contributed by atoms with E-state index in [1.807, 2.05) is 30.3 Å². The van der Waals surface area contributed by atoms with Gasteiger partial charge in [-0.25, -0.2) is 9.18 Å². The molecule has 0 aliphatic carbocycles. The molecule has 23 heavy (non-hydrogen) atoms. The molecule has 0 radical (unpaired) electrons. The SMILES string of the molecule is CC(NC(=O)Nc1cc(Cl)ccc1F)c1cc2ccccc2o1. The molecule has 0 saturated heterocycles. The number of halogens is 2. The molecule has 0 fully saturated rings. The minimum Gasteiger partial charge on any atom is -0.459 e. The zero-order chi connectivity index (χ0) is 16.4. The highest BCUT2D eigenvalue weighted by molar-refractivity contribution is 6.30. The van der Waals surface area contributed by atoms with Crippen LogP contribution in [0.4, 0.5) is 14.9 Å². The lowest BCUT2D eigenvalue weighted by Crippen LogP contribution is -2.31. The average molecular weight is 333 g/mol. The summed E-state index contributed by atoms with van der Waals surface area (Å²) >= 11 is 5.79. The summed E-state index contributed by atoms with van der Waals surface area (Å²) in [4.78, 5) is 12.0. The van der Waals surface area contributed by atoms with Crippen molar-refractivity contribution in [1.29, 1.82) is 0 Å². The summed E-state index contributed by atoms with van der Waals surface area (Å²) in [5.74, 6) is 0.0638. The highest BCUT2D eigenvalue weighted by atomic mass is 35.5. The Kier molecular flexibility index (Phi) is 4.21. The third-order valence-corrected chi connectivity index (χ3v) is 3.63. The molecule has 0 spiro atoms. The van der Waals surface area contributed by atoms with E-state index in [9.17, 15) is 9.18 Å². The number of benzene rings is 2. The van der Waals surface area contributed by atoms with Gasteiger partial charge in [0.05, 0.1) is 11.7 Å². The molecule has 1 aromatic heterocycles. The first-order valence-corrected chi connectivity index (χ1v) is 7.42. The predicted molar refractivity (Wildman–Crippen MR) is 88.2 cm³/mol. The van der Waals surface area contributed by atoms with Crippen molar-refractivity contribution < 1.29 is 13.6 Å². The summed E-state index contributed by atoms with van der Waals surface area (Å²) in [5, 5.41) is 6.43. The molecule has 0 aliphatic heterocycles. The van der Waals surface area contributed by atoms with Crippen LogP contribution in [0, 0.1) is 5.82 Å². The number of furan rings is 1. The molecule has 6 heteroatoms. The van der Waals surface area contributed by atoms with Crippen molar-refractivity contribution in [3.8, 4) is 0 Å². The third-order valence-electron chi connectivity index (χ3n) is 3.40. The summed E-state index contributed by atoms with van der Waals surface area (Å²) in [6, 6.07) is 12.5. The van der Waals surface area contributed by atoms with E-state index in [-0.39, 0.29) is 11.7 Å². The molecule has 4 nitrogen and oxygen atoms in total. The van der Waals surface area contributed by atoms with Gasteiger partial charge in [-0.3, -0.25) is 0 Å². The van der Waals surface area contributed by atoms with Crippen LogP contribution in [-0.2, 0) is 0 Å². The van der Waals surface area contributed by atoms with Crippen LogP contribution in [0.2, 0.25) is 5.02 Å². The summed E-state index contributed by atoms with van der Waals surface area (Å²) < 4.78 is 19.3. The fourth-order valence-corrected chi connectivity index (χ4v) is 2.41. The first-order valence-electron chi connectivity index (χ1n) is 7.04. The Morgan fingerprint density at radius 3 is 2.78 bits per heavy atom. The Balaban J connectivity index is 1.70. The van der Waals surface area contributed by atoms with Gasteiger partial charge in [0.2, 0.25) is 0 Å². The van der Waals surface area contributed by atoms with Crippen molar-refractivity contribution in [2.24, 2.45) is 0 Å². The molecule has 118 valence electrons. The van der Waals surface area contributed by atoms with E-state index in [2.05, 4.69) is 10.6 Å². The number of carbonyl (C=O) groups is 1. The summed E-state index contributed by atoms with van der Waals surface area (Å²) in [6.45, 7) is 1.78. The van der Waals surface area contributed by atoms with Gasteiger partial charge < -0.3 is 15.1 Å². The van der Waals surface area contributed by atoms with E-state index in [4.69, 9.17) is 16.0 Å². The van der Waals surface area contributed by atoms with Crippen LogP contribution in [0.25, 0.3) is 11.0 Å². The Morgan fingerprint density at radius 1 is 1.22 bits per heavy atom. The lowest BCUT2D eigenvalue weighted by molar-refractivity contribution is 0.247. The molecule has 2 N–H and O–H groups in total. The van der Waals surface area contributed by atoms with Gasteiger partial charge in [-0.05, 0) is 37.3 Å². The van der Waals surface area contributed by atoms with Crippen LogP contribution < -0.4 is 10.6 Å². The molecular weight excluding hydrogens is 319 g/mol. The van der Waals surface area contributed by atoms with Gasteiger partial charge in [0.1, 0.15) is 17.2 Å². The maximum absolute atomic E-state index is 13.6. The standard InChI is InChI=1S/C17H14ClFN2O2/c1-10(16-8-11-4-2-3-5-15(11)23-16)20-17(22)21-14-9-12(18)6-7-13(14)19/h2-10H,1H3,(H2,20,21,22). The highest BCUT2D eigenvalue weighted by Crippen LogP contribution is 2.24. The normalized spacial score (nSPS) is 12.1. The van der Waals surface area contributed by atoms with E-state index in [1.54, 1.807) is 6.92 Å². The number of fused-ring (bicyclic) bond motifs is 1. The van der Waals surface area contributed by atoms with Crippen molar-refractivity contribution >= 4 is 34.3 Å². The molecule has 1 heterocycles. The lowest BCUT2D eigenvalue weighted by atomic mass is 10.2. The monoisotopic (exact) mass is 332 g/mol. The van der Waals surface area contributed by atoms with Gasteiger partial charge >= 0.3 is 6.03 Å². The summed E-state index contributed by atoms with van der Waals surface area (Å²) in [7, 11) is 0. The highest BCUT2D eigenvalue weighted by Gasteiger charge is 2.15. The topological polar surface area (TPSA) is 54.3 Å². The Labute approximate surface area is 137 Å². The maximum Gasteiger partial charge on any atom is 0.319 e. The van der Waals surface area contributed by atoms with Gasteiger partial charge in [-0.15, -0.1) is 0 Å². The van der Waals surface area contributed by atoms with Crippen LogP contribution in [0.1, 0.15) is 18.7 Å². The smallest absolute Gasteiger partial charge is 0.319 e. The quantitative estimate of drug-likeness (QED) is 0.700. The molecule has 0 saturated carbocycles. The number of nitrogens with one attached hydrogen (secondary N) is 2. The van der Waals surface area contributed by atoms with E-state index < -0.39 is 11.8 Å². The van der Waals surface area contributed by atoms with Crippen LogP contribution in [0.5, 0.6) is 0 Å². The van der Waals surface area contributed by atoms with Crippen LogP contribution in [0.3, 0.4) is 0 Å². The minimum atomic E-state index is -0.555. The minimum absolute atomic E-state index is 0.0202. The molecule has 1 atom stereocenters. The van der Waals surface area contributed by atoms with Crippen molar-refractivity contribution in [2.45, 2.75) is 13.0 Å². The lowest BCUT2D eigenvalue weighted by Gasteiger charge is -2.13. The Bertz CT molecular complexity index is 830. The van der Waals surface area contributed by atoms with E-state index in [1.165, 1.54) is 18.2 Å².